The summed E-state index contributed by atoms with van der Waals surface area (Å²) in [4.78, 5) is 19.0. The molecular formula is C29H22F7N3O2. The van der Waals surface area contributed by atoms with Crippen LogP contribution in [0.1, 0.15) is 40.2 Å². The second kappa shape index (κ2) is 10.7. The van der Waals surface area contributed by atoms with E-state index in [4.69, 9.17) is 4.74 Å². The van der Waals surface area contributed by atoms with Gasteiger partial charge in [0.25, 0.3) is 5.91 Å². The molecule has 0 unspecified atom stereocenters. The van der Waals surface area contributed by atoms with E-state index in [0.29, 0.717) is 6.42 Å². The van der Waals surface area contributed by atoms with Crippen LogP contribution in [0.2, 0.25) is 0 Å². The van der Waals surface area contributed by atoms with Crippen LogP contribution in [-0.4, -0.2) is 32.9 Å². The van der Waals surface area contributed by atoms with Crippen molar-refractivity contribution in [3.05, 3.63) is 125 Å². The van der Waals surface area contributed by atoms with Crippen molar-refractivity contribution in [3.8, 4) is 0 Å². The fraction of sp³-hybridized carbons (Fsp3) is 0.241. The van der Waals surface area contributed by atoms with Crippen molar-refractivity contribution in [2.24, 2.45) is 7.05 Å². The van der Waals surface area contributed by atoms with Crippen LogP contribution in [0.5, 0.6) is 0 Å². The molecule has 1 amide bonds. The number of halogens is 7. The van der Waals surface area contributed by atoms with E-state index in [9.17, 15) is 26.7 Å². The van der Waals surface area contributed by atoms with Crippen LogP contribution in [0.25, 0.3) is 0 Å². The lowest BCUT2D eigenvalue weighted by Gasteiger charge is -2.45. The summed E-state index contributed by atoms with van der Waals surface area (Å²) in [5, 5.41) is 0. The summed E-state index contributed by atoms with van der Waals surface area (Å²) in [5.74, 6) is -13.8. The van der Waals surface area contributed by atoms with E-state index in [0.717, 1.165) is 0 Å². The Hall–Kier alpha value is -4.19. The van der Waals surface area contributed by atoms with Gasteiger partial charge < -0.3 is 9.47 Å². The zero-order valence-corrected chi connectivity index (χ0v) is 21.4. The molecule has 1 saturated heterocycles. The molecule has 0 radical (unpaired) electrons. The Kier molecular flexibility index (Phi) is 7.37. The van der Waals surface area contributed by atoms with Gasteiger partial charge in [-0.25, -0.2) is 26.9 Å². The van der Waals surface area contributed by atoms with E-state index in [1.807, 2.05) is 0 Å². The smallest absolute Gasteiger partial charge is 0.330 e. The average molecular weight is 578 g/mol. The summed E-state index contributed by atoms with van der Waals surface area (Å²) < 4.78 is 110. The first-order valence-corrected chi connectivity index (χ1v) is 12.5. The fourth-order valence-corrected chi connectivity index (χ4v) is 5.36. The molecule has 1 fully saturated rings. The number of carbonyl (C=O) groups is 1. The van der Waals surface area contributed by atoms with Gasteiger partial charge in [-0.15, -0.1) is 0 Å². The minimum absolute atomic E-state index is 0.00144. The lowest BCUT2D eigenvalue weighted by molar-refractivity contribution is -0.311. The van der Waals surface area contributed by atoms with Gasteiger partial charge in [-0.3, -0.25) is 9.53 Å². The monoisotopic (exact) mass is 577 g/mol. The number of ether oxygens (including phenoxy) is 1. The van der Waals surface area contributed by atoms with E-state index in [-0.39, 0.29) is 29.9 Å². The maximum Gasteiger partial charge on any atom is 0.390 e. The zero-order valence-electron chi connectivity index (χ0n) is 21.4. The number of alkyl halides is 2. The average Bonchev–Trinajstić information content (AvgIpc) is 3.64. The molecular weight excluding hydrogens is 555 g/mol. The molecule has 4 aromatic rings. The molecule has 0 N–H and O–H groups in total. The molecule has 3 aromatic carbocycles. The number of rotatable bonds is 7. The molecule has 1 atom stereocenters. The van der Waals surface area contributed by atoms with Crippen LogP contribution in [0.15, 0.2) is 73.1 Å². The lowest BCUT2D eigenvalue weighted by atomic mass is 9.78. The summed E-state index contributed by atoms with van der Waals surface area (Å²) in [7, 11) is 1.57. The van der Waals surface area contributed by atoms with Crippen LogP contribution >= 0.6 is 0 Å². The van der Waals surface area contributed by atoms with Crippen molar-refractivity contribution in [3.63, 3.8) is 0 Å². The number of benzene rings is 3. The summed E-state index contributed by atoms with van der Waals surface area (Å²) in [5.41, 5.74) is -4.67. The highest BCUT2D eigenvalue weighted by Gasteiger charge is 2.57. The highest BCUT2D eigenvalue weighted by Crippen LogP contribution is 2.50. The number of imidazole rings is 1. The molecule has 0 aliphatic carbocycles. The van der Waals surface area contributed by atoms with Gasteiger partial charge in [0.2, 0.25) is 5.82 Å². The van der Waals surface area contributed by atoms with E-state index >= 15 is 8.78 Å². The van der Waals surface area contributed by atoms with Gasteiger partial charge in [0.15, 0.2) is 29.1 Å². The van der Waals surface area contributed by atoms with E-state index < -0.39 is 58.3 Å². The van der Waals surface area contributed by atoms with Gasteiger partial charge in [0, 0.05) is 26.0 Å². The number of nitrogens with zero attached hydrogens (tertiary/aromatic N) is 3. The largest absolute Gasteiger partial charge is 0.390 e. The Morgan fingerprint density at radius 1 is 0.854 bits per heavy atom. The third-order valence-electron chi connectivity index (χ3n) is 7.19. The fourth-order valence-electron chi connectivity index (χ4n) is 5.36. The van der Waals surface area contributed by atoms with Gasteiger partial charge in [0.05, 0.1) is 6.04 Å². The maximum absolute atomic E-state index is 16.1. The van der Waals surface area contributed by atoms with Gasteiger partial charge in [-0.1, -0.05) is 60.7 Å². The molecule has 0 spiro atoms. The van der Waals surface area contributed by atoms with Crippen molar-refractivity contribution in [2.75, 3.05) is 6.54 Å². The molecule has 1 aliphatic heterocycles. The Morgan fingerprint density at radius 3 is 1.85 bits per heavy atom. The molecule has 12 heteroatoms. The first kappa shape index (κ1) is 28.3. The van der Waals surface area contributed by atoms with Gasteiger partial charge in [0.1, 0.15) is 11.2 Å². The topological polar surface area (TPSA) is 47.4 Å². The highest BCUT2D eigenvalue weighted by atomic mass is 19.3. The Bertz CT molecular complexity index is 1510. The quantitative estimate of drug-likeness (QED) is 0.145. The predicted octanol–water partition coefficient (Wildman–Crippen LogP) is 6.43. The number of amides is 1. The van der Waals surface area contributed by atoms with E-state index in [1.165, 1.54) is 70.4 Å². The number of carbonyl (C=O) groups excluding carboxylic acids is 1. The third kappa shape index (κ3) is 4.65. The standard InChI is InChI=1S/C29H22F7N3O2/c1-38-16-14-37-26(38)27(40)39-15-8-13-19(39)28(17-9-4-2-5-10-17,18-11-6-3-7-12-18)41-29(35,36)20-21(30)23(32)25(34)24(33)22(20)31/h2-7,9-12,14,16,19H,8,13,15H2,1H3/t19-/m0/s1. The molecule has 0 bridgehead atoms. The lowest BCUT2D eigenvalue weighted by Crippen LogP contribution is -2.54. The molecule has 0 saturated carbocycles. The Morgan fingerprint density at radius 2 is 1.37 bits per heavy atom. The molecule has 214 valence electrons. The van der Waals surface area contributed by atoms with Crippen molar-refractivity contribution in [2.45, 2.75) is 30.6 Å². The number of likely N-dealkylation sites (tertiary alicyclic amines) is 1. The zero-order chi connectivity index (χ0) is 29.5. The summed E-state index contributed by atoms with van der Waals surface area (Å²) in [6.45, 7) is 0.0925. The molecule has 5 nitrogen and oxygen atoms in total. The minimum atomic E-state index is -5.07. The van der Waals surface area contributed by atoms with Crippen LogP contribution < -0.4 is 0 Å². The van der Waals surface area contributed by atoms with Gasteiger partial charge in [-0.2, -0.15) is 8.78 Å². The van der Waals surface area contributed by atoms with Crippen LogP contribution in [-0.2, 0) is 23.5 Å². The Balaban J connectivity index is 1.77. The van der Waals surface area contributed by atoms with Gasteiger partial charge >= 0.3 is 6.11 Å². The van der Waals surface area contributed by atoms with Gasteiger partial charge in [-0.05, 0) is 24.0 Å². The third-order valence-corrected chi connectivity index (χ3v) is 7.19. The molecule has 41 heavy (non-hydrogen) atoms. The minimum Gasteiger partial charge on any atom is -0.330 e. The van der Waals surface area contributed by atoms with E-state index in [1.54, 1.807) is 19.2 Å². The highest BCUT2D eigenvalue weighted by molar-refractivity contribution is 5.91. The van der Waals surface area contributed by atoms with Crippen molar-refractivity contribution in [1.82, 2.24) is 14.5 Å². The first-order chi connectivity index (χ1) is 19.5. The Labute approximate surface area is 229 Å². The number of aryl methyl sites for hydroxylation is 1. The van der Waals surface area contributed by atoms with Crippen LogP contribution in [0.4, 0.5) is 30.7 Å². The normalized spacial score (nSPS) is 15.9. The summed E-state index contributed by atoms with van der Waals surface area (Å²) in [6, 6.07) is 13.7. The van der Waals surface area contributed by atoms with Crippen LogP contribution in [0.3, 0.4) is 0 Å². The first-order valence-electron chi connectivity index (χ1n) is 12.5. The summed E-state index contributed by atoms with van der Waals surface area (Å²) >= 11 is 0. The second-order valence-corrected chi connectivity index (χ2v) is 9.55. The molecule has 1 aliphatic rings. The van der Waals surface area contributed by atoms with Crippen LogP contribution in [0, 0.1) is 29.1 Å². The molecule has 2 heterocycles. The van der Waals surface area contributed by atoms with E-state index in [2.05, 4.69) is 4.98 Å². The summed E-state index contributed by atoms with van der Waals surface area (Å²) in [6.07, 6.45) is -1.75. The molecule has 5 rings (SSSR count). The maximum atomic E-state index is 16.1. The SMILES string of the molecule is Cn1ccnc1C(=O)N1CCC[C@H]1C(OC(F)(F)c1c(F)c(F)c(F)c(F)c1F)(c1ccccc1)c1ccccc1. The number of hydrogen-bond donors (Lipinski definition) is 0. The van der Waals surface area contributed by atoms with Crippen molar-refractivity contribution >= 4 is 5.91 Å². The number of aromatic nitrogens is 2. The second-order valence-electron chi connectivity index (χ2n) is 9.55. The molecule has 1 aromatic heterocycles. The predicted molar refractivity (Wildman–Crippen MR) is 132 cm³/mol. The van der Waals surface area contributed by atoms with Crippen molar-refractivity contribution < 1.29 is 40.3 Å². The number of hydrogen-bond acceptors (Lipinski definition) is 3. The van der Waals surface area contributed by atoms with Crippen molar-refractivity contribution in [1.29, 1.82) is 0 Å².